The van der Waals surface area contributed by atoms with E-state index in [4.69, 9.17) is 4.74 Å². The number of ether oxygens (including phenoxy) is 1. The van der Waals surface area contributed by atoms with Gasteiger partial charge in [0, 0.05) is 11.6 Å². The summed E-state index contributed by atoms with van der Waals surface area (Å²) >= 11 is 0. The second-order valence-electron chi connectivity index (χ2n) is 5.62. The molecule has 3 aromatic rings. The van der Waals surface area contributed by atoms with Crippen molar-refractivity contribution in [1.29, 1.82) is 0 Å². The van der Waals surface area contributed by atoms with Gasteiger partial charge in [0.1, 0.15) is 0 Å². The zero-order valence-electron chi connectivity index (χ0n) is 14.2. The Labute approximate surface area is 151 Å². The van der Waals surface area contributed by atoms with E-state index >= 15 is 0 Å². The summed E-state index contributed by atoms with van der Waals surface area (Å²) in [5.74, 6) is -0.501. The van der Waals surface area contributed by atoms with Crippen LogP contribution in [0.3, 0.4) is 0 Å². The van der Waals surface area contributed by atoms with Crippen molar-refractivity contribution in [2.24, 2.45) is 0 Å². The lowest BCUT2D eigenvalue weighted by molar-refractivity contribution is -0.384. The molecule has 3 rings (SSSR count). The fourth-order valence-corrected chi connectivity index (χ4v) is 2.82. The lowest BCUT2D eigenvalue weighted by Crippen LogP contribution is -2.08. The zero-order chi connectivity index (χ0) is 18.5. The minimum absolute atomic E-state index is 0.0527. The molecule has 5 heteroatoms. The van der Waals surface area contributed by atoms with Gasteiger partial charge in [-0.15, -0.1) is 0 Å². The number of nitro benzene ring substituents is 1. The van der Waals surface area contributed by atoms with Crippen molar-refractivity contribution in [2.75, 3.05) is 6.61 Å². The molecule has 3 aromatic carbocycles. The zero-order valence-corrected chi connectivity index (χ0v) is 14.2. The molecular formula is C21H17NO4. The Morgan fingerprint density at radius 1 is 0.923 bits per heavy atom. The van der Waals surface area contributed by atoms with Crippen molar-refractivity contribution in [3.05, 3.63) is 88.5 Å². The lowest BCUT2D eigenvalue weighted by Gasteiger charge is -2.12. The average molecular weight is 347 g/mol. The average Bonchev–Trinajstić information content (AvgIpc) is 2.68. The van der Waals surface area contributed by atoms with E-state index in [1.54, 1.807) is 37.3 Å². The van der Waals surface area contributed by atoms with E-state index in [1.165, 1.54) is 6.07 Å². The number of carbonyl (C=O) groups is 1. The Kier molecular flexibility index (Phi) is 5.08. The molecule has 0 aliphatic rings. The Morgan fingerprint density at radius 3 is 1.96 bits per heavy atom. The molecule has 0 bridgehead atoms. The number of carbonyl (C=O) groups excluding carboxylic acids is 1. The van der Waals surface area contributed by atoms with E-state index in [0.717, 1.165) is 5.56 Å². The van der Waals surface area contributed by atoms with Gasteiger partial charge in [-0.1, -0.05) is 60.7 Å². The fourth-order valence-electron chi connectivity index (χ4n) is 2.82. The molecule has 130 valence electrons. The molecule has 0 amide bonds. The van der Waals surface area contributed by atoms with E-state index < -0.39 is 10.9 Å². The molecule has 0 aliphatic carbocycles. The van der Waals surface area contributed by atoms with Crippen LogP contribution in [0, 0.1) is 10.1 Å². The van der Waals surface area contributed by atoms with E-state index in [2.05, 4.69) is 0 Å². The van der Waals surface area contributed by atoms with Gasteiger partial charge in [0.15, 0.2) is 0 Å². The highest BCUT2D eigenvalue weighted by Gasteiger charge is 2.23. The number of hydrogen-bond acceptors (Lipinski definition) is 4. The third-order valence-electron chi connectivity index (χ3n) is 4.00. The summed E-state index contributed by atoms with van der Waals surface area (Å²) in [4.78, 5) is 23.8. The molecule has 0 saturated carbocycles. The van der Waals surface area contributed by atoms with Crippen molar-refractivity contribution in [1.82, 2.24) is 0 Å². The van der Waals surface area contributed by atoms with E-state index in [9.17, 15) is 14.9 Å². The summed E-state index contributed by atoms with van der Waals surface area (Å²) in [6.07, 6.45) is 0. The molecule has 0 heterocycles. The minimum atomic E-state index is -0.501. The van der Waals surface area contributed by atoms with Gasteiger partial charge in [-0.3, -0.25) is 10.1 Å². The van der Waals surface area contributed by atoms with Crippen molar-refractivity contribution < 1.29 is 14.5 Å². The minimum Gasteiger partial charge on any atom is -0.462 e. The second kappa shape index (κ2) is 7.61. The number of nitrogens with zero attached hydrogens (tertiary/aromatic N) is 1. The maximum atomic E-state index is 12.5. The highest BCUT2D eigenvalue weighted by atomic mass is 16.6. The van der Waals surface area contributed by atoms with E-state index in [1.807, 2.05) is 36.4 Å². The molecule has 0 spiro atoms. The highest BCUT2D eigenvalue weighted by molar-refractivity contribution is 6.00. The van der Waals surface area contributed by atoms with Crippen LogP contribution in [0.4, 0.5) is 5.69 Å². The van der Waals surface area contributed by atoms with Gasteiger partial charge in [0.05, 0.1) is 22.7 Å². The largest absolute Gasteiger partial charge is 0.462 e. The van der Waals surface area contributed by atoms with Crippen LogP contribution in [0.2, 0.25) is 0 Å². The van der Waals surface area contributed by atoms with Crippen molar-refractivity contribution in [2.45, 2.75) is 6.92 Å². The van der Waals surface area contributed by atoms with Gasteiger partial charge in [-0.2, -0.15) is 0 Å². The summed E-state index contributed by atoms with van der Waals surface area (Å²) in [6.45, 7) is 1.95. The van der Waals surface area contributed by atoms with Crippen LogP contribution in [0.1, 0.15) is 17.3 Å². The summed E-state index contributed by atoms with van der Waals surface area (Å²) in [5.41, 5.74) is 2.52. The molecular weight excluding hydrogens is 330 g/mol. The van der Waals surface area contributed by atoms with E-state index in [0.29, 0.717) is 22.3 Å². The predicted octanol–water partition coefficient (Wildman–Crippen LogP) is 5.11. The molecule has 0 N–H and O–H groups in total. The van der Waals surface area contributed by atoms with Gasteiger partial charge >= 0.3 is 5.97 Å². The van der Waals surface area contributed by atoms with Gasteiger partial charge in [0.25, 0.3) is 5.69 Å². The van der Waals surface area contributed by atoms with Crippen LogP contribution in [-0.4, -0.2) is 17.5 Å². The SMILES string of the molecule is CCOC(=O)c1cc(-c2ccccc2)c([N+](=O)[O-])cc1-c1ccccc1. The summed E-state index contributed by atoms with van der Waals surface area (Å²) in [5, 5.41) is 11.7. The first-order chi connectivity index (χ1) is 12.6. The van der Waals surface area contributed by atoms with Gasteiger partial charge in [-0.25, -0.2) is 4.79 Å². The first-order valence-electron chi connectivity index (χ1n) is 8.22. The second-order valence-corrected chi connectivity index (χ2v) is 5.62. The van der Waals surface area contributed by atoms with Crippen LogP contribution >= 0.6 is 0 Å². The van der Waals surface area contributed by atoms with Crippen molar-refractivity contribution >= 4 is 11.7 Å². The first kappa shape index (κ1) is 17.4. The maximum Gasteiger partial charge on any atom is 0.338 e. The summed E-state index contributed by atoms with van der Waals surface area (Å²) in [6, 6.07) is 21.1. The van der Waals surface area contributed by atoms with Gasteiger partial charge < -0.3 is 4.74 Å². The monoisotopic (exact) mass is 347 g/mol. The lowest BCUT2D eigenvalue weighted by atomic mass is 9.93. The standard InChI is InChI=1S/C21H17NO4/c1-2-26-21(23)19-13-18(16-11-7-4-8-12-16)20(22(24)25)14-17(19)15-9-5-3-6-10-15/h3-14H,2H2,1H3. The predicted molar refractivity (Wildman–Crippen MR) is 99.9 cm³/mol. The molecule has 5 nitrogen and oxygen atoms in total. The van der Waals surface area contributed by atoms with Crippen molar-refractivity contribution in [3.8, 4) is 22.3 Å². The van der Waals surface area contributed by atoms with Gasteiger partial charge in [0.2, 0.25) is 0 Å². The summed E-state index contributed by atoms with van der Waals surface area (Å²) in [7, 11) is 0. The van der Waals surface area contributed by atoms with Crippen LogP contribution in [0.5, 0.6) is 0 Å². The van der Waals surface area contributed by atoms with Crippen LogP contribution in [-0.2, 0) is 4.74 Å². The Hall–Kier alpha value is -3.47. The first-order valence-corrected chi connectivity index (χ1v) is 8.22. The number of benzene rings is 3. The van der Waals surface area contributed by atoms with Crippen molar-refractivity contribution in [3.63, 3.8) is 0 Å². The number of rotatable bonds is 5. The molecule has 0 aliphatic heterocycles. The fraction of sp³-hybridized carbons (Fsp3) is 0.0952. The van der Waals surface area contributed by atoms with Crippen LogP contribution in [0.15, 0.2) is 72.8 Å². The molecule has 0 fully saturated rings. The summed E-state index contributed by atoms with van der Waals surface area (Å²) < 4.78 is 5.17. The highest BCUT2D eigenvalue weighted by Crippen LogP contribution is 2.37. The molecule has 0 radical (unpaired) electrons. The topological polar surface area (TPSA) is 69.4 Å². The van der Waals surface area contributed by atoms with Crippen LogP contribution < -0.4 is 0 Å². The maximum absolute atomic E-state index is 12.5. The smallest absolute Gasteiger partial charge is 0.338 e. The quantitative estimate of drug-likeness (QED) is 0.365. The number of hydrogen-bond donors (Lipinski definition) is 0. The Bertz CT molecular complexity index is 937. The Balaban J connectivity index is 2.29. The van der Waals surface area contributed by atoms with E-state index in [-0.39, 0.29) is 12.3 Å². The number of nitro groups is 1. The molecule has 0 unspecified atom stereocenters. The van der Waals surface area contributed by atoms with Gasteiger partial charge in [-0.05, 0) is 24.1 Å². The number of esters is 1. The normalized spacial score (nSPS) is 10.3. The Morgan fingerprint density at radius 2 is 1.46 bits per heavy atom. The third kappa shape index (κ3) is 3.47. The van der Waals surface area contributed by atoms with Crippen LogP contribution in [0.25, 0.3) is 22.3 Å². The molecule has 0 saturated heterocycles. The third-order valence-corrected chi connectivity index (χ3v) is 4.00. The molecule has 0 aromatic heterocycles. The molecule has 0 atom stereocenters. The molecule has 26 heavy (non-hydrogen) atoms.